The summed E-state index contributed by atoms with van der Waals surface area (Å²) < 4.78 is 43.2. The molecule has 0 amide bonds. The summed E-state index contributed by atoms with van der Waals surface area (Å²) >= 11 is 0. The highest BCUT2D eigenvalue weighted by atomic mass is 19.5. The number of para-hydroxylation sites is 1. The van der Waals surface area contributed by atoms with Gasteiger partial charge in [0.2, 0.25) is 0 Å². The molecule has 3 aromatic rings. The maximum absolute atomic E-state index is 9.75. The van der Waals surface area contributed by atoms with Gasteiger partial charge in [-0.05, 0) is 36.4 Å². The van der Waals surface area contributed by atoms with E-state index in [-0.39, 0.29) is 0 Å². The van der Waals surface area contributed by atoms with Crippen LogP contribution in [0.15, 0.2) is 73.3 Å². The lowest BCUT2D eigenvalue weighted by molar-refractivity contribution is -0.594. The SMILES string of the molecule is CN(C)c1ccc(-[n+]2ccn(-c3ccccc3)c2)cc1.F[B-](F)(F)F. The lowest BCUT2D eigenvalue weighted by atomic mass is 10.2. The average molecular weight is 351 g/mol. The number of aromatic nitrogens is 2. The van der Waals surface area contributed by atoms with Crippen molar-refractivity contribution in [1.82, 2.24) is 4.57 Å². The molecule has 0 atom stereocenters. The van der Waals surface area contributed by atoms with Gasteiger partial charge in [-0.3, -0.25) is 0 Å². The second-order valence-corrected chi connectivity index (χ2v) is 5.47. The zero-order valence-corrected chi connectivity index (χ0v) is 13.9. The van der Waals surface area contributed by atoms with Crippen molar-refractivity contribution >= 4 is 12.9 Å². The third-order valence-corrected chi connectivity index (χ3v) is 3.36. The molecule has 0 spiro atoms. The number of hydrogen-bond donors (Lipinski definition) is 0. The summed E-state index contributed by atoms with van der Waals surface area (Å²) in [6.07, 6.45) is 6.22. The molecular formula is C17H18BF4N3. The summed E-state index contributed by atoms with van der Waals surface area (Å²) in [5.74, 6) is 0. The Morgan fingerprint density at radius 2 is 1.44 bits per heavy atom. The molecule has 0 radical (unpaired) electrons. The average Bonchev–Trinajstić information content (AvgIpc) is 3.04. The summed E-state index contributed by atoms with van der Waals surface area (Å²) in [5, 5.41) is 0. The third-order valence-electron chi connectivity index (χ3n) is 3.36. The van der Waals surface area contributed by atoms with Gasteiger partial charge in [-0.25, -0.2) is 9.13 Å². The first kappa shape index (κ1) is 18.6. The molecule has 0 unspecified atom stereocenters. The zero-order chi connectivity index (χ0) is 18.4. The van der Waals surface area contributed by atoms with Gasteiger partial charge in [0.05, 0.1) is 0 Å². The molecule has 0 aliphatic heterocycles. The van der Waals surface area contributed by atoms with Crippen LogP contribution >= 0.6 is 0 Å². The first-order chi connectivity index (χ1) is 11.7. The lowest BCUT2D eigenvalue weighted by Crippen LogP contribution is -2.27. The number of anilines is 1. The van der Waals surface area contributed by atoms with E-state index in [1.54, 1.807) is 0 Å². The number of rotatable bonds is 3. The minimum Gasteiger partial charge on any atom is -0.418 e. The summed E-state index contributed by atoms with van der Waals surface area (Å²) in [6.45, 7) is 0. The van der Waals surface area contributed by atoms with Crippen LogP contribution in [0.2, 0.25) is 0 Å². The van der Waals surface area contributed by atoms with E-state index in [1.165, 1.54) is 5.69 Å². The van der Waals surface area contributed by atoms with Crippen molar-refractivity contribution in [1.29, 1.82) is 0 Å². The molecule has 132 valence electrons. The molecule has 1 aromatic heterocycles. The summed E-state index contributed by atoms with van der Waals surface area (Å²) in [7, 11) is -1.90. The van der Waals surface area contributed by atoms with Crippen LogP contribution in [-0.4, -0.2) is 25.9 Å². The van der Waals surface area contributed by atoms with Crippen LogP contribution in [0.5, 0.6) is 0 Å². The second kappa shape index (κ2) is 7.87. The first-order valence-electron chi connectivity index (χ1n) is 7.54. The molecule has 0 saturated carbocycles. The van der Waals surface area contributed by atoms with Crippen LogP contribution in [-0.2, 0) is 0 Å². The van der Waals surface area contributed by atoms with Crippen LogP contribution in [0, 0.1) is 0 Å². The summed E-state index contributed by atoms with van der Waals surface area (Å²) in [5.41, 5.74) is 3.53. The number of imidazole rings is 1. The predicted molar refractivity (Wildman–Crippen MR) is 91.8 cm³/mol. The Morgan fingerprint density at radius 1 is 0.880 bits per heavy atom. The smallest absolute Gasteiger partial charge is 0.418 e. The van der Waals surface area contributed by atoms with E-state index in [0.717, 1.165) is 11.4 Å². The van der Waals surface area contributed by atoms with Gasteiger partial charge in [0.25, 0.3) is 6.33 Å². The number of benzene rings is 2. The van der Waals surface area contributed by atoms with E-state index in [2.05, 4.69) is 69.2 Å². The Balaban J connectivity index is 0.000000399. The van der Waals surface area contributed by atoms with Gasteiger partial charge in [-0.2, -0.15) is 0 Å². The van der Waals surface area contributed by atoms with Crippen LogP contribution < -0.4 is 9.47 Å². The molecule has 0 aliphatic carbocycles. The Labute approximate surface area is 143 Å². The fourth-order valence-corrected chi connectivity index (χ4v) is 2.18. The molecule has 8 heteroatoms. The molecule has 0 bridgehead atoms. The second-order valence-electron chi connectivity index (χ2n) is 5.47. The van der Waals surface area contributed by atoms with Gasteiger partial charge in [0.15, 0.2) is 0 Å². The number of hydrogen-bond acceptors (Lipinski definition) is 1. The molecule has 3 rings (SSSR count). The summed E-state index contributed by atoms with van der Waals surface area (Å²) in [4.78, 5) is 2.10. The van der Waals surface area contributed by atoms with Crippen LogP contribution in [0.4, 0.5) is 23.0 Å². The molecule has 0 fully saturated rings. The fourth-order valence-electron chi connectivity index (χ4n) is 2.18. The maximum Gasteiger partial charge on any atom is 0.673 e. The van der Waals surface area contributed by atoms with E-state index in [0.29, 0.717) is 0 Å². The van der Waals surface area contributed by atoms with Crippen LogP contribution in [0.25, 0.3) is 11.4 Å². The Hall–Kier alpha value is -2.77. The third kappa shape index (κ3) is 5.98. The Bertz CT molecular complexity index is 778. The van der Waals surface area contributed by atoms with Gasteiger partial charge >= 0.3 is 7.25 Å². The van der Waals surface area contributed by atoms with Crippen molar-refractivity contribution in [3.8, 4) is 11.4 Å². The molecule has 25 heavy (non-hydrogen) atoms. The van der Waals surface area contributed by atoms with Crippen molar-refractivity contribution in [3.63, 3.8) is 0 Å². The molecule has 0 saturated heterocycles. The van der Waals surface area contributed by atoms with E-state index in [9.17, 15) is 17.3 Å². The molecule has 1 heterocycles. The van der Waals surface area contributed by atoms with E-state index in [4.69, 9.17) is 0 Å². The molecule has 3 nitrogen and oxygen atoms in total. The van der Waals surface area contributed by atoms with Crippen LogP contribution in [0.1, 0.15) is 0 Å². The zero-order valence-electron chi connectivity index (χ0n) is 13.9. The minimum atomic E-state index is -6.00. The van der Waals surface area contributed by atoms with Gasteiger partial charge < -0.3 is 22.2 Å². The van der Waals surface area contributed by atoms with Gasteiger partial charge in [-0.15, -0.1) is 0 Å². The highest BCUT2D eigenvalue weighted by Crippen LogP contribution is 2.12. The highest BCUT2D eigenvalue weighted by Gasteiger charge is 2.20. The van der Waals surface area contributed by atoms with E-state index >= 15 is 0 Å². The maximum atomic E-state index is 9.75. The van der Waals surface area contributed by atoms with Crippen LogP contribution in [0.3, 0.4) is 0 Å². The molecule has 0 N–H and O–H groups in total. The van der Waals surface area contributed by atoms with Crippen molar-refractivity contribution in [3.05, 3.63) is 73.3 Å². The van der Waals surface area contributed by atoms with Gasteiger partial charge in [0.1, 0.15) is 23.8 Å². The van der Waals surface area contributed by atoms with Crippen molar-refractivity contribution in [2.45, 2.75) is 0 Å². The van der Waals surface area contributed by atoms with E-state index in [1.807, 2.05) is 32.3 Å². The van der Waals surface area contributed by atoms with E-state index < -0.39 is 7.25 Å². The topological polar surface area (TPSA) is 12.1 Å². The molecule has 0 aliphatic rings. The lowest BCUT2D eigenvalue weighted by Gasteiger charge is -2.11. The normalized spacial score (nSPS) is 10.8. The fraction of sp³-hybridized carbons (Fsp3) is 0.118. The first-order valence-corrected chi connectivity index (χ1v) is 7.54. The Morgan fingerprint density at radius 3 is 1.96 bits per heavy atom. The van der Waals surface area contributed by atoms with Crippen molar-refractivity contribution in [2.24, 2.45) is 0 Å². The van der Waals surface area contributed by atoms with Gasteiger partial charge in [-0.1, -0.05) is 18.2 Å². The quantitative estimate of drug-likeness (QED) is 0.393. The largest absolute Gasteiger partial charge is 0.673 e. The molecule has 2 aromatic carbocycles. The van der Waals surface area contributed by atoms with Crippen molar-refractivity contribution in [2.75, 3.05) is 19.0 Å². The van der Waals surface area contributed by atoms with Crippen molar-refractivity contribution < 1.29 is 21.8 Å². The number of halogens is 4. The van der Waals surface area contributed by atoms with Gasteiger partial charge in [0, 0.05) is 19.8 Å². The monoisotopic (exact) mass is 351 g/mol. The summed E-state index contributed by atoms with van der Waals surface area (Å²) in [6, 6.07) is 18.8. The number of nitrogens with zero attached hydrogens (tertiary/aromatic N) is 3. The predicted octanol–water partition coefficient (Wildman–Crippen LogP) is 4.12. The Kier molecular flexibility index (Phi) is 5.85. The molecular weight excluding hydrogens is 333 g/mol. The highest BCUT2D eigenvalue weighted by molar-refractivity contribution is 6.50. The minimum absolute atomic E-state index is 1.16. The standard InChI is InChI=1S/C17H18N3.BF4/c1-18(2)15-8-10-17(11-9-15)20-13-12-19(14-20)16-6-4-3-5-7-16;2-1(3,4)5/h3-14H,1-2H3;/q+1;-1.